The van der Waals surface area contributed by atoms with Crippen LogP contribution in [-0.2, 0) is 11.4 Å². The predicted molar refractivity (Wildman–Crippen MR) is 106 cm³/mol. The number of rotatable bonds is 7. The van der Waals surface area contributed by atoms with Gasteiger partial charge in [0.15, 0.2) is 11.6 Å². The molecule has 5 heteroatoms. The van der Waals surface area contributed by atoms with E-state index in [1.807, 2.05) is 26.0 Å². The molecular weight excluding hydrogens is 360 g/mol. The van der Waals surface area contributed by atoms with Crippen molar-refractivity contribution in [2.24, 2.45) is 5.92 Å². The molecule has 1 saturated carbocycles. The zero-order valence-corrected chi connectivity index (χ0v) is 16.5. The topological polar surface area (TPSA) is 38.3 Å². The molecular formula is C23H27F2NO2. The van der Waals surface area contributed by atoms with Gasteiger partial charge in [-0.15, -0.1) is 0 Å². The largest absolute Gasteiger partial charge is 0.489 e. The first-order valence-electron chi connectivity index (χ1n) is 9.90. The first kappa shape index (κ1) is 20.3. The molecule has 0 radical (unpaired) electrons. The number of nitrogens with one attached hydrogen (secondary N) is 1. The summed E-state index contributed by atoms with van der Waals surface area (Å²) in [6.45, 7) is 3.98. The molecule has 2 aromatic rings. The molecule has 3 nitrogen and oxygen atoms in total. The fourth-order valence-corrected chi connectivity index (χ4v) is 3.84. The highest BCUT2D eigenvalue weighted by Gasteiger charge is 2.17. The summed E-state index contributed by atoms with van der Waals surface area (Å²) in [5.74, 6) is -0.384. The second-order valence-corrected chi connectivity index (χ2v) is 7.71. The first-order valence-corrected chi connectivity index (χ1v) is 9.90. The van der Waals surface area contributed by atoms with Crippen LogP contribution in [-0.4, -0.2) is 5.91 Å². The van der Waals surface area contributed by atoms with Gasteiger partial charge in [-0.3, -0.25) is 4.79 Å². The molecule has 150 valence electrons. The zero-order chi connectivity index (χ0) is 20.1. The molecule has 1 amide bonds. The highest BCUT2D eigenvalue weighted by Crippen LogP contribution is 2.30. The van der Waals surface area contributed by atoms with Crippen LogP contribution in [0.1, 0.15) is 55.2 Å². The van der Waals surface area contributed by atoms with E-state index in [1.165, 1.54) is 31.7 Å². The second-order valence-electron chi connectivity index (χ2n) is 7.71. The van der Waals surface area contributed by atoms with E-state index in [4.69, 9.17) is 4.74 Å². The highest BCUT2D eigenvalue weighted by atomic mass is 19.2. The number of halogens is 2. The Balaban J connectivity index is 1.58. The van der Waals surface area contributed by atoms with Crippen molar-refractivity contribution in [2.45, 2.75) is 59.0 Å². The van der Waals surface area contributed by atoms with Crippen LogP contribution in [0.4, 0.5) is 14.5 Å². The summed E-state index contributed by atoms with van der Waals surface area (Å²) < 4.78 is 32.0. The van der Waals surface area contributed by atoms with Crippen LogP contribution in [0.15, 0.2) is 30.3 Å². The summed E-state index contributed by atoms with van der Waals surface area (Å²) in [5, 5.41) is 3.03. The summed E-state index contributed by atoms with van der Waals surface area (Å²) in [4.78, 5) is 12.3. The average molecular weight is 387 g/mol. The summed E-state index contributed by atoms with van der Waals surface area (Å²) in [6, 6.07) is 7.42. The molecule has 1 N–H and O–H groups in total. The Hall–Kier alpha value is -2.43. The Morgan fingerprint density at radius 1 is 1.07 bits per heavy atom. The van der Waals surface area contributed by atoms with E-state index in [0.29, 0.717) is 23.7 Å². The minimum absolute atomic E-state index is 0.0496. The van der Waals surface area contributed by atoms with Gasteiger partial charge >= 0.3 is 0 Å². The molecule has 0 unspecified atom stereocenters. The number of hydrogen-bond acceptors (Lipinski definition) is 2. The number of benzene rings is 2. The maximum absolute atomic E-state index is 13.3. The van der Waals surface area contributed by atoms with Crippen LogP contribution in [0.25, 0.3) is 0 Å². The molecule has 28 heavy (non-hydrogen) atoms. The number of amides is 1. The predicted octanol–water partition coefficient (Wildman–Crippen LogP) is 6.07. The van der Waals surface area contributed by atoms with Crippen molar-refractivity contribution in [2.75, 3.05) is 5.32 Å². The maximum Gasteiger partial charge on any atom is 0.224 e. The molecule has 0 spiro atoms. The van der Waals surface area contributed by atoms with E-state index >= 15 is 0 Å². The fourth-order valence-electron chi connectivity index (χ4n) is 3.84. The van der Waals surface area contributed by atoms with E-state index < -0.39 is 11.6 Å². The lowest BCUT2D eigenvalue weighted by Crippen LogP contribution is -2.14. The van der Waals surface area contributed by atoms with Gasteiger partial charge in [0.05, 0.1) is 0 Å². The third-order valence-corrected chi connectivity index (χ3v) is 5.41. The number of carbonyl (C=O) groups excluding carboxylic acids is 1. The molecule has 0 aliphatic heterocycles. The molecule has 1 aliphatic rings. The SMILES string of the molecule is Cc1cc(OCc2ccc(F)c(F)c2)cc(C)c1NC(=O)CCC1CCCC1. The Kier molecular flexibility index (Phi) is 6.65. The number of hydrogen-bond donors (Lipinski definition) is 1. The number of ether oxygens (including phenoxy) is 1. The van der Waals surface area contributed by atoms with Crippen molar-refractivity contribution in [1.29, 1.82) is 0 Å². The van der Waals surface area contributed by atoms with Gasteiger partial charge in [-0.05, 0) is 67.1 Å². The number of carbonyl (C=O) groups is 1. The maximum atomic E-state index is 13.3. The van der Waals surface area contributed by atoms with Gasteiger partial charge < -0.3 is 10.1 Å². The molecule has 2 aromatic carbocycles. The van der Waals surface area contributed by atoms with Gasteiger partial charge in [0, 0.05) is 12.1 Å². The molecule has 3 rings (SSSR count). The Morgan fingerprint density at radius 3 is 2.39 bits per heavy atom. The van der Waals surface area contributed by atoms with E-state index in [9.17, 15) is 13.6 Å². The monoisotopic (exact) mass is 387 g/mol. The van der Waals surface area contributed by atoms with Gasteiger partial charge in [-0.2, -0.15) is 0 Å². The van der Waals surface area contributed by atoms with Crippen LogP contribution in [0.3, 0.4) is 0 Å². The molecule has 0 heterocycles. The molecule has 0 bridgehead atoms. The normalized spacial score (nSPS) is 14.3. The number of aryl methyl sites for hydroxylation is 2. The first-order chi connectivity index (χ1) is 13.4. The second kappa shape index (κ2) is 9.18. The van der Waals surface area contributed by atoms with Crippen LogP contribution in [0, 0.1) is 31.4 Å². The van der Waals surface area contributed by atoms with E-state index in [2.05, 4.69) is 5.32 Å². The lowest BCUT2D eigenvalue weighted by Gasteiger charge is -2.15. The molecule has 0 atom stereocenters. The van der Waals surface area contributed by atoms with E-state index in [-0.39, 0.29) is 12.5 Å². The van der Waals surface area contributed by atoms with Crippen molar-refractivity contribution >= 4 is 11.6 Å². The summed E-state index contributed by atoms with van der Waals surface area (Å²) in [6.07, 6.45) is 6.58. The zero-order valence-electron chi connectivity index (χ0n) is 16.5. The fraction of sp³-hybridized carbons (Fsp3) is 0.435. The van der Waals surface area contributed by atoms with Crippen molar-refractivity contribution < 1.29 is 18.3 Å². The molecule has 1 aliphatic carbocycles. The van der Waals surface area contributed by atoms with Gasteiger partial charge in [0.1, 0.15) is 12.4 Å². The number of anilines is 1. The minimum atomic E-state index is -0.885. The summed E-state index contributed by atoms with van der Waals surface area (Å²) >= 11 is 0. The summed E-state index contributed by atoms with van der Waals surface area (Å²) in [7, 11) is 0. The van der Waals surface area contributed by atoms with Gasteiger partial charge in [0.2, 0.25) is 5.91 Å². The van der Waals surface area contributed by atoms with E-state index in [1.54, 1.807) is 0 Å². The van der Waals surface area contributed by atoms with E-state index in [0.717, 1.165) is 35.4 Å². The molecule has 0 aromatic heterocycles. The third-order valence-electron chi connectivity index (χ3n) is 5.41. The highest BCUT2D eigenvalue weighted by molar-refractivity contribution is 5.92. The van der Waals surface area contributed by atoms with Gasteiger partial charge in [-0.25, -0.2) is 8.78 Å². The van der Waals surface area contributed by atoms with Crippen LogP contribution >= 0.6 is 0 Å². The lowest BCUT2D eigenvalue weighted by molar-refractivity contribution is -0.116. The van der Waals surface area contributed by atoms with Crippen molar-refractivity contribution in [1.82, 2.24) is 0 Å². The van der Waals surface area contributed by atoms with Crippen molar-refractivity contribution in [3.63, 3.8) is 0 Å². The molecule has 1 fully saturated rings. The van der Waals surface area contributed by atoms with Gasteiger partial charge in [0.25, 0.3) is 0 Å². The Labute approximate surface area is 165 Å². The Bertz CT molecular complexity index is 821. The lowest BCUT2D eigenvalue weighted by atomic mass is 10.0. The smallest absolute Gasteiger partial charge is 0.224 e. The van der Waals surface area contributed by atoms with Crippen LogP contribution in [0.2, 0.25) is 0 Å². The minimum Gasteiger partial charge on any atom is -0.489 e. The van der Waals surface area contributed by atoms with Gasteiger partial charge in [-0.1, -0.05) is 31.7 Å². The third kappa shape index (κ3) is 5.31. The van der Waals surface area contributed by atoms with Crippen LogP contribution < -0.4 is 10.1 Å². The van der Waals surface area contributed by atoms with Crippen molar-refractivity contribution in [3.8, 4) is 5.75 Å². The van der Waals surface area contributed by atoms with Crippen LogP contribution in [0.5, 0.6) is 5.75 Å². The standard InChI is InChI=1S/C23H27F2NO2/c1-15-11-19(28-14-18-7-9-20(24)21(25)13-18)12-16(2)23(15)26-22(27)10-8-17-5-3-4-6-17/h7,9,11-13,17H,3-6,8,10,14H2,1-2H3,(H,26,27). The Morgan fingerprint density at radius 2 is 1.75 bits per heavy atom. The average Bonchev–Trinajstić information content (AvgIpc) is 3.17. The summed E-state index contributed by atoms with van der Waals surface area (Å²) in [5.41, 5.74) is 3.19. The quantitative estimate of drug-likeness (QED) is 0.626. The van der Waals surface area contributed by atoms with Crippen molar-refractivity contribution in [3.05, 3.63) is 58.7 Å². The molecule has 0 saturated heterocycles.